The molecule has 0 aliphatic rings. The van der Waals surface area contributed by atoms with Crippen molar-refractivity contribution >= 4 is 12.4 Å². The Balaban J connectivity index is 4.24. The summed E-state index contributed by atoms with van der Waals surface area (Å²) in [6.45, 7) is 6.17. The number of hydrogen-bond acceptors (Lipinski definition) is 4. The molecular weight excluding hydrogens is 196 g/mol. The molecule has 0 heterocycles. The van der Waals surface area contributed by atoms with Crippen LogP contribution in [0.2, 0.25) is 0 Å². The fraction of sp³-hybridized carbons (Fsp3) is 0.818. The summed E-state index contributed by atoms with van der Waals surface area (Å²) in [5.41, 5.74) is 0. The molecule has 0 saturated heterocycles. The van der Waals surface area contributed by atoms with Crippen molar-refractivity contribution in [3.63, 3.8) is 0 Å². The molecule has 4 heteroatoms. The third-order valence-electron chi connectivity index (χ3n) is 2.32. The van der Waals surface area contributed by atoms with Crippen molar-refractivity contribution in [3.8, 4) is 0 Å². The third-order valence-corrected chi connectivity index (χ3v) is 2.32. The van der Waals surface area contributed by atoms with Gasteiger partial charge in [-0.3, -0.25) is 9.59 Å². The van der Waals surface area contributed by atoms with E-state index in [4.69, 9.17) is 9.47 Å². The van der Waals surface area contributed by atoms with Gasteiger partial charge in [0.15, 0.2) is 0 Å². The molecule has 0 N–H and O–H groups in total. The van der Waals surface area contributed by atoms with Gasteiger partial charge < -0.3 is 9.47 Å². The van der Waals surface area contributed by atoms with E-state index in [1.54, 1.807) is 0 Å². The van der Waals surface area contributed by atoms with Crippen molar-refractivity contribution in [1.29, 1.82) is 0 Å². The first kappa shape index (κ1) is 13.9. The molecule has 0 fully saturated rings. The van der Waals surface area contributed by atoms with Crippen LogP contribution in [0.15, 0.2) is 0 Å². The van der Waals surface area contributed by atoms with Crippen LogP contribution in [0.1, 0.15) is 40.0 Å². The van der Waals surface area contributed by atoms with E-state index in [9.17, 15) is 9.59 Å². The fourth-order valence-corrected chi connectivity index (χ4v) is 1.54. The lowest BCUT2D eigenvalue weighted by Crippen LogP contribution is -2.29. The van der Waals surface area contributed by atoms with Gasteiger partial charge in [0.2, 0.25) is 0 Å². The molecule has 0 bridgehead atoms. The largest absolute Gasteiger partial charge is 0.467 e. The molecule has 0 amide bonds. The summed E-state index contributed by atoms with van der Waals surface area (Å²) >= 11 is 0. The molecule has 88 valence electrons. The van der Waals surface area contributed by atoms with Crippen molar-refractivity contribution in [2.75, 3.05) is 6.61 Å². The number of carbonyl (C=O) groups is 2. The van der Waals surface area contributed by atoms with Crippen LogP contribution in [0.4, 0.5) is 0 Å². The Hall–Kier alpha value is -1.06. The summed E-state index contributed by atoms with van der Waals surface area (Å²) < 4.78 is 9.93. The average molecular weight is 216 g/mol. The SMILES string of the molecule is CCCC(OC(C)=O)C(CC)COC=O. The highest BCUT2D eigenvalue weighted by atomic mass is 16.5. The van der Waals surface area contributed by atoms with Crippen molar-refractivity contribution < 1.29 is 19.1 Å². The number of ether oxygens (including phenoxy) is 2. The van der Waals surface area contributed by atoms with Crippen LogP contribution in [-0.2, 0) is 19.1 Å². The minimum Gasteiger partial charge on any atom is -0.467 e. The summed E-state index contributed by atoms with van der Waals surface area (Å²) in [5, 5.41) is 0. The summed E-state index contributed by atoms with van der Waals surface area (Å²) in [7, 11) is 0. The zero-order valence-electron chi connectivity index (χ0n) is 9.69. The Morgan fingerprint density at radius 3 is 2.47 bits per heavy atom. The lowest BCUT2D eigenvalue weighted by Gasteiger charge is -2.24. The molecule has 15 heavy (non-hydrogen) atoms. The third kappa shape index (κ3) is 6.10. The van der Waals surface area contributed by atoms with Gasteiger partial charge >= 0.3 is 5.97 Å². The maximum absolute atomic E-state index is 10.9. The molecule has 0 aromatic carbocycles. The van der Waals surface area contributed by atoms with Crippen LogP contribution < -0.4 is 0 Å². The zero-order valence-corrected chi connectivity index (χ0v) is 9.69. The minimum atomic E-state index is -0.280. The Kier molecular flexibility index (Phi) is 7.68. The second-order valence-corrected chi connectivity index (χ2v) is 3.53. The molecule has 0 aromatic rings. The van der Waals surface area contributed by atoms with E-state index < -0.39 is 0 Å². The molecule has 2 atom stereocenters. The van der Waals surface area contributed by atoms with Crippen molar-refractivity contribution in [2.24, 2.45) is 5.92 Å². The second kappa shape index (κ2) is 8.26. The first-order valence-electron chi connectivity index (χ1n) is 5.38. The van der Waals surface area contributed by atoms with Crippen LogP contribution >= 0.6 is 0 Å². The first-order chi connectivity index (χ1) is 7.15. The first-order valence-corrected chi connectivity index (χ1v) is 5.38. The Morgan fingerprint density at radius 2 is 2.07 bits per heavy atom. The summed E-state index contributed by atoms with van der Waals surface area (Å²) in [6.07, 6.45) is 2.43. The summed E-state index contributed by atoms with van der Waals surface area (Å²) in [5.74, 6) is -0.183. The van der Waals surface area contributed by atoms with Gasteiger partial charge in [-0.2, -0.15) is 0 Å². The molecule has 0 aromatic heterocycles. The number of hydrogen-bond donors (Lipinski definition) is 0. The van der Waals surface area contributed by atoms with Crippen LogP contribution in [0.3, 0.4) is 0 Å². The highest BCUT2D eigenvalue weighted by Gasteiger charge is 2.22. The van der Waals surface area contributed by atoms with E-state index in [0.717, 1.165) is 19.3 Å². The fourth-order valence-electron chi connectivity index (χ4n) is 1.54. The smallest absolute Gasteiger partial charge is 0.302 e. The van der Waals surface area contributed by atoms with Gasteiger partial charge in [-0.05, 0) is 12.8 Å². The van der Waals surface area contributed by atoms with E-state index in [0.29, 0.717) is 13.1 Å². The van der Waals surface area contributed by atoms with Crippen molar-refractivity contribution in [2.45, 2.75) is 46.1 Å². The van der Waals surface area contributed by atoms with E-state index in [1.807, 2.05) is 13.8 Å². The van der Waals surface area contributed by atoms with Gasteiger partial charge in [0, 0.05) is 12.8 Å². The van der Waals surface area contributed by atoms with Gasteiger partial charge in [-0.1, -0.05) is 20.3 Å². The Labute approximate surface area is 90.9 Å². The van der Waals surface area contributed by atoms with Crippen LogP contribution in [0.25, 0.3) is 0 Å². The highest BCUT2D eigenvalue weighted by molar-refractivity contribution is 5.66. The van der Waals surface area contributed by atoms with E-state index in [2.05, 4.69) is 0 Å². The van der Waals surface area contributed by atoms with E-state index in [-0.39, 0.29) is 18.0 Å². The maximum atomic E-state index is 10.9. The van der Waals surface area contributed by atoms with E-state index in [1.165, 1.54) is 6.92 Å². The Morgan fingerprint density at radius 1 is 1.40 bits per heavy atom. The molecule has 4 nitrogen and oxygen atoms in total. The Bertz CT molecular complexity index is 191. The minimum absolute atomic E-state index is 0.0963. The van der Waals surface area contributed by atoms with Crippen molar-refractivity contribution in [1.82, 2.24) is 0 Å². The van der Waals surface area contributed by atoms with Gasteiger partial charge in [0.1, 0.15) is 6.10 Å². The van der Waals surface area contributed by atoms with Gasteiger partial charge in [0.25, 0.3) is 6.47 Å². The standard InChI is InChI=1S/C11H20O4/c1-4-6-11(15-9(3)13)10(5-2)7-14-8-12/h8,10-11H,4-7H2,1-3H3. The lowest BCUT2D eigenvalue weighted by atomic mass is 9.96. The average Bonchev–Trinajstić information content (AvgIpc) is 2.18. The zero-order chi connectivity index (χ0) is 11.7. The van der Waals surface area contributed by atoms with Gasteiger partial charge in [-0.15, -0.1) is 0 Å². The highest BCUT2D eigenvalue weighted by Crippen LogP contribution is 2.17. The van der Waals surface area contributed by atoms with Crippen LogP contribution in [0, 0.1) is 5.92 Å². The van der Waals surface area contributed by atoms with Gasteiger partial charge in [-0.25, -0.2) is 0 Å². The molecule has 0 rings (SSSR count). The predicted octanol–water partition coefficient (Wildman–Crippen LogP) is 1.92. The number of esters is 1. The molecule has 0 spiro atoms. The number of rotatable bonds is 8. The van der Waals surface area contributed by atoms with E-state index >= 15 is 0 Å². The predicted molar refractivity (Wildman–Crippen MR) is 56.3 cm³/mol. The second-order valence-electron chi connectivity index (χ2n) is 3.53. The molecular formula is C11H20O4. The van der Waals surface area contributed by atoms with Gasteiger partial charge in [0.05, 0.1) is 6.61 Å². The topological polar surface area (TPSA) is 52.6 Å². The summed E-state index contributed by atoms with van der Waals surface area (Å²) in [6, 6.07) is 0. The monoisotopic (exact) mass is 216 g/mol. The molecule has 2 unspecified atom stereocenters. The van der Waals surface area contributed by atoms with Crippen molar-refractivity contribution in [3.05, 3.63) is 0 Å². The molecule has 0 radical (unpaired) electrons. The molecule has 0 aliphatic heterocycles. The van der Waals surface area contributed by atoms with Crippen LogP contribution in [-0.4, -0.2) is 25.2 Å². The van der Waals surface area contributed by atoms with Crippen LogP contribution in [0.5, 0.6) is 0 Å². The summed E-state index contributed by atoms with van der Waals surface area (Å²) in [4.78, 5) is 21.0. The normalized spacial score (nSPS) is 14.1. The molecule has 0 saturated carbocycles. The lowest BCUT2D eigenvalue weighted by molar-refractivity contribution is -0.151. The molecule has 0 aliphatic carbocycles. The quantitative estimate of drug-likeness (QED) is 0.459. The maximum Gasteiger partial charge on any atom is 0.302 e. The number of carbonyl (C=O) groups excluding carboxylic acids is 2.